The summed E-state index contributed by atoms with van der Waals surface area (Å²) in [6, 6.07) is 1.59. The zero-order valence-electron chi connectivity index (χ0n) is 18.6. The molecule has 4 N–H and O–H groups in total. The Morgan fingerprint density at radius 3 is 2.29 bits per heavy atom. The van der Waals surface area contributed by atoms with Crippen molar-refractivity contribution >= 4 is 17.8 Å². The van der Waals surface area contributed by atoms with Crippen molar-refractivity contribution in [3.05, 3.63) is 17.8 Å². The number of carbonyl (C=O) groups is 3. The van der Waals surface area contributed by atoms with Crippen LogP contribution in [0.4, 0.5) is 0 Å². The third-order valence-electron chi connectivity index (χ3n) is 4.48. The molecule has 1 aromatic heterocycles. The van der Waals surface area contributed by atoms with Crippen molar-refractivity contribution in [2.45, 2.75) is 20.4 Å². The number of aryl methyl sites for hydroxylation is 1. The number of likely N-dealkylation sites (N-methyl/N-ethyl adjacent to an activating group) is 2. The van der Waals surface area contributed by atoms with E-state index in [4.69, 9.17) is 9.84 Å². The smallest absolute Gasteiger partial charge is 0.317 e. The number of nitrogens with one attached hydrogen (secondary N) is 2. The maximum atomic E-state index is 12.0. The zero-order chi connectivity index (χ0) is 23.2. The topological polar surface area (TPSA) is 136 Å². The average molecular weight is 442 g/mol. The number of aromatic nitrogens is 1. The van der Waals surface area contributed by atoms with E-state index < -0.39 is 5.97 Å². The van der Waals surface area contributed by atoms with Gasteiger partial charge in [0.15, 0.2) is 5.88 Å². The van der Waals surface area contributed by atoms with Crippen LogP contribution < -0.4 is 10.6 Å². The Balaban J connectivity index is 2.08. The molecule has 11 nitrogen and oxygen atoms in total. The fraction of sp³-hybridized carbons (Fsp3) is 0.650. The highest BCUT2D eigenvalue weighted by molar-refractivity contribution is 5.78. The zero-order valence-corrected chi connectivity index (χ0v) is 18.6. The Kier molecular flexibility index (Phi) is 12.3. The SMILES string of the molecule is CCN(CCN(C)CC(=O)O)CC(=O)NCCOCCNC(=O)Cn1cc(C)cc1O. The van der Waals surface area contributed by atoms with Crippen molar-refractivity contribution in [3.8, 4) is 5.88 Å². The summed E-state index contributed by atoms with van der Waals surface area (Å²) in [7, 11) is 1.73. The second kappa shape index (κ2) is 14.4. The first-order valence-electron chi connectivity index (χ1n) is 10.3. The van der Waals surface area contributed by atoms with Crippen molar-refractivity contribution in [1.29, 1.82) is 0 Å². The van der Waals surface area contributed by atoms with E-state index in [1.807, 2.05) is 18.7 Å². The molecule has 0 aliphatic heterocycles. The lowest BCUT2D eigenvalue weighted by Crippen LogP contribution is -2.42. The first kappa shape index (κ1) is 26.4. The monoisotopic (exact) mass is 441 g/mol. The fourth-order valence-corrected chi connectivity index (χ4v) is 2.83. The standard InChI is InChI=1S/C20H35N5O6/c1-4-24(8-7-23(3)15-20(29)30)13-17(26)21-5-9-31-10-6-22-18(27)14-25-12-16(2)11-19(25)28/h11-12,28H,4-10,13-15H2,1-3H3,(H,21,26)(H,22,27)(H,29,30). The van der Waals surface area contributed by atoms with E-state index in [9.17, 15) is 19.5 Å². The van der Waals surface area contributed by atoms with E-state index in [0.29, 0.717) is 45.9 Å². The number of carboxylic acid groups (broad SMARTS) is 1. The minimum absolute atomic E-state index is 0.0317. The van der Waals surface area contributed by atoms with E-state index in [1.54, 1.807) is 24.2 Å². The summed E-state index contributed by atoms with van der Waals surface area (Å²) in [5, 5.41) is 23.9. The summed E-state index contributed by atoms with van der Waals surface area (Å²) in [5.74, 6) is -1.18. The Bertz CT molecular complexity index is 708. The summed E-state index contributed by atoms with van der Waals surface area (Å²) < 4.78 is 6.86. The highest BCUT2D eigenvalue weighted by atomic mass is 16.5. The molecule has 0 aliphatic rings. The van der Waals surface area contributed by atoms with Crippen molar-refractivity contribution in [1.82, 2.24) is 25.0 Å². The summed E-state index contributed by atoms with van der Waals surface area (Å²) in [6.07, 6.45) is 1.70. The van der Waals surface area contributed by atoms with Crippen LogP contribution in [0, 0.1) is 6.92 Å². The highest BCUT2D eigenvalue weighted by Crippen LogP contribution is 2.13. The number of carboxylic acids is 1. The van der Waals surface area contributed by atoms with Crippen molar-refractivity contribution in [2.24, 2.45) is 0 Å². The number of amides is 2. The van der Waals surface area contributed by atoms with Gasteiger partial charge in [0, 0.05) is 38.4 Å². The molecule has 2 amide bonds. The van der Waals surface area contributed by atoms with Gasteiger partial charge in [-0.3, -0.25) is 24.2 Å². The summed E-state index contributed by atoms with van der Waals surface area (Å²) in [4.78, 5) is 38.2. The molecule has 0 radical (unpaired) electrons. The molecule has 1 aromatic rings. The number of nitrogens with zero attached hydrogens (tertiary/aromatic N) is 3. The molecule has 31 heavy (non-hydrogen) atoms. The first-order valence-corrected chi connectivity index (χ1v) is 10.3. The minimum atomic E-state index is -0.877. The molecule has 1 rings (SSSR count). The van der Waals surface area contributed by atoms with Crippen LogP contribution in [-0.4, -0.2) is 108 Å². The average Bonchev–Trinajstić information content (AvgIpc) is 3.00. The molecular weight excluding hydrogens is 406 g/mol. The minimum Gasteiger partial charge on any atom is -0.494 e. The second-order valence-corrected chi connectivity index (χ2v) is 7.32. The van der Waals surface area contributed by atoms with Crippen LogP contribution in [0.1, 0.15) is 12.5 Å². The number of carbonyl (C=O) groups excluding carboxylic acids is 2. The van der Waals surface area contributed by atoms with Gasteiger partial charge in [0.25, 0.3) is 0 Å². The van der Waals surface area contributed by atoms with Gasteiger partial charge in [-0.05, 0) is 26.1 Å². The number of ether oxygens (including phenoxy) is 1. The Labute approximate surface area is 182 Å². The fourth-order valence-electron chi connectivity index (χ4n) is 2.83. The summed E-state index contributed by atoms with van der Waals surface area (Å²) in [6.45, 7) is 7.21. The van der Waals surface area contributed by atoms with E-state index in [1.165, 1.54) is 4.57 Å². The summed E-state index contributed by atoms with van der Waals surface area (Å²) >= 11 is 0. The molecule has 0 spiro atoms. The predicted octanol–water partition coefficient (Wildman–Crippen LogP) is -0.911. The van der Waals surface area contributed by atoms with Gasteiger partial charge in [-0.15, -0.1) is 0 Å². The number of hydrogen-bond donors (Lipinski definition) is 4. The molecule has 0 aromatic carbocycles. The summed E-state index contributed by atoms with van der Waals surface area (Å²) in [5.41, 5.74) is 0.878. The second-order valence-electron chi connectivity index (χ2n) is 7.32. The number of aliphatic carboxylic acids is 1. The lowest BCUT2D eigenvalue weighted by molar-refractivity contribution is -0.138. The van der Waals surface area contributed by atoms with Crippen molar-refractivity contribution < 1.29 is 29.3 Å². The Hall–Kier alpha value is -2.63. The van der Waals surface area contributed by atoms with Crippen LogP contribution in [0.15, 0.2) is 12.3 Å². The molecule has 0 unspecified atom stereocenters. The lowest BCUT2D eigenvalue weighted by atomic mass is 10.4. The van der Waals surface area contributed by atoms with Crippen LogP contribution >= 0.6 is 0 Å². The Morgan fingerprint density at radius 2 is 1.74 bits per heavy atom. The molecular formula is C20H35N5O6. The normalized spacial score (nSPS) is 11.1. The highest BCUT2D eigenvalue weighted by Gasteiger charge is 2.11. The maximum absolute atomic E-state index is 12.0. The molecule has 0 bridgehead atoms. The number of rotatable bonds is 16. The van der Waals surface area contributed by atoms with Crippen LogP contribution in [0.2, 0.25) is 0 Å². The van der Waals surface area contributed by atoms with E-state index in [0.717, 1.165) is 5.56 Å². The molecule has 0 saturated heterocycles. The van der Waals surface area contributed by atoms with E-state index >= 15 is 0 Å². The number of hydrogen-bond acceptors (Lipinski definition) is 7. The molecule has 0 fully saturated rings. The molecule has 0 atom stereocenters. The molecule has 11 heteroatoms. The molecule has 1 heterocycles. The predicted molar refractivity (Wildman–Crippen MR) is 115 cm³/mol. The van der Waals surface area contributed by atoms with E-state index in [-0.39, 0.29) is 37.3 Å². The van der Waals surface area contributed by atoms with Gasteiger partial charge in [-0.25, -0.2) is 0 Å². The lowest BCUT2D eigenvalue weighted by Gasteiger charge is -2.23. The van der Waals surface area contributed by atoms with Gasteiger partial charge in [-0.2, -0.15) is 0 Å². The third-order valence-corrected chi connectivity index (χ3v) is 4.48. The third kappa shape index (κ3) is 12.0. The maximum Gasteiger partial charge on any atom is 0.317 e. The molecule has 0 saturated carbocycles. The van der Waals surface area contributed by atoms with Gasteiger partial charge in [0.05, 0.1) is 26.3 Å². The van der Waals surface area contributed by atoms with E-state index in [2.05, 4.69) is 10.6 Å². The van der Waals surface area contributed by atoms with Gasteiger partial charge < -0.3 is 30.2 Å². The van der Waals surface area contributed by atoms with Gasteiger partial charge in [0.1, 0.15) is 6.54 Å². The van der Waals surface area contributed by atoms with Crippen molar-refractivity contribution in [2.75, 3.05) is 66.1 Å². The van der Waals surface area contributed by atoms with Crippen LogP contribution in [-0.2, 0) is 25.7 Å². The van der Waals surface area contributed by atoms with Gasteiger partial charge >= 0.3 is 5.97 Å². The Morgan fingerprint density at radius 1 is 1.10 bits per heavy atom. The van der Waals surface area contributed by atoms with Crippen LogP contribution in [0.5, 0.6) is 5.88 Å². The molecule has 176 valence electrons. The van der Waals surface area contributed by atoms with Crippen LogP contribution in [0.25, 0.3) is 0 Å². The quantitative estimate of drug-likeness (QED) is 0.242. The van der Waals surface area contributed by atoms with Gasteiger partial charge in [-0.1, -0.05) is 6.92 Å². The molecule has 0 aliphatic carbocycles. The first-order chi connectivity index (χ1) is 14.7. The largest absolute Gasteiger partial charge is 0.494 e. The van der Waals surface area contributed by atoms with Crippen LogP contribution in [0.3, 0.4) is 0 Å². The van der Waals surface area contributed by atoms with Gasteiger partial charge in [0.2, 0.25) is 11.8 Å². The number of aromatic hydroxyl groups is 1. The van der Waals surface area contributed by atoms with Crippen molar-refractivity contribution in [3.63, 3.8) is 0 Å².